The molecule has 1 saturated heterocycles. The Morgan fingerprint density at radius 2 is 1.78 bits per heavy atom. The second kappa shape index (κ2) is 10.3. The number of hydrogen-bond donors (Lipinski definition) is 2. The van der Waals surface area contributed by atoms with Gasteiger partial charge in [0, 0.05) is 18.1 Å². The molecule has 0 aromatic heterocycles. The van der Waals surface area contributed by atoms with E-state index in [1.165, 1.54) is 19.1 Å². The average molecular weight is 494 g/mol. The molecule has 0 aliphatic carbocycles. The van der Waals surface area contributed by atoms with Crippen LogP contribution in [0, 0.1) is 0 Å². The molecular formula is C21H20ClN3O5S2. The fraction of sp³-hybridized carbons (Fsp3) is 0.190. The van der Waals surface area contributed by atoms with E-state index >= 15 is 0 Å². The molecule has 1 atom stereocenters. The van der Waals surface area contributed by atoms with Crippen molar-refractivity contribution in [2.45, 2.75) is 17.9 Å². The number of rotatable bonds is 8. The molecule has 168 valence electrons. The van der Waals surface area contributed by atoms with Crippen LogP contribution in [0.5, 0.6) is 0 Å². The second-order valence-electron chi connectivity index (χ2n) is 6.80. The number of carbonyl (C=O) groups is 3. The molecule has 1 heterocycles. The molecular weight excluding hydrogens is 474 g/mol. The molecule has 1 aliphatic heterocycles. The highest BCUT2D eigenvalue weighted by Gasteiger charge is 2.35. The van der Waals surface area contributed by atoms with E-state index in [0.717, 1.165) is 16.7 Å². The summed E-state index contributed by atoms with van der Waals surface area (Å²) in [6.45, 7) is 1.34. The van der Waals surface area contributed by atoms with Gasteiger partial charge in [-0.25, -0.2) is 8.42 Å². The smallest absolute Gasteiger partial charge is 0.293 e. The number of nitrogens with zero attached hydrogens (tertiary/aromatic N) is 1. The number of benzene rings is 2. The van der Waals surface area contributed by atoms with Gasteiger partial charge in [-0.2, -0.15) is 4.72 Å². The van der Waals surface area contributed by atoms with Gasteiger partial charge in [0.1, 0.15) is 0 Å². The molecule has 32 heavy (non-hydrogen) atoms. The highest BCUT2D eigenvalue weighted by atomic mass is 35.5. The summed E-state index contributed by atoms with van der Waals surface area (Å²) in [5.41, 5.74) is 0.618. The zero-order valence-electron chi connectivity index (χ0n) is 16.9. The van der Waals surface area contributed by atoms with E-state index in [1.54, 1.807) is 48.5 Å². The third-order valence-electron chi connectivity index (χ3n) is 4.48. The highest BCUT2D eigenvalue weighted by molar-refractivity contribution is 8.18. The van der Waals surface area contributed by atoms with E-state index in [4.69, 9.17) is 11.6 Å². The molecule has 0 bridgehead atoms. The highest BCUT2D eigenvalue weighted by Crippen LogP contribution is 2.33. The monoisotopic (exact) mass is 493 g/mol. The summed E-state index contributed by atoms with van der Waals surface area (Å²) in [6, 6.07) is 13.6. The van der Waals surface area contributed by atoms with Crippen molar-refractivity contribution < 1.29 is 22.8 Å². The summed E-state index contributed by atoms with van der Waals surface area (Å²) in [5, 5.41) is 2.54. The van der Waals surface area contributed by atoms with Crippen LogP contribution in [0.4, 0.5) is 4.79 Å². The van der Waals surface area contributed by atoms with E-state index in [9.17, 15) is 22.8 Å². The van der Waals surface area contributed by atoms with Crippen molar-refractivity contribution in [2.24, 2.45) is 0 Å². The number of sulfonamides is 1. The molecule has 0 radical (unpaired) electrons. The molecule has 2 N–H and O–H groups in total. The summed E-state index contributed by atoms with van der Waals surface area (Å²) in [5.74, 6) is -1.06. The molecule has 11 heteroatoms. The van der Waals surface area contributed by atoms with Gasteiger partial charge in [-0.1, -0.05) is 48.0 Å². The number of halogens is 1. The predicted molar refractivity (Wildman–Crippen MR) is 123 cm³/mol. The van der Waals surface area contributed by atoms with Gasteiger partial charge in [-0.05, 0) is 48.5 Å². The predicted octanol–water partition coefficient (Wildman–Crippen LogP) is 2.86. The lowest BCUT2D eigenvalue weighted by Gasteiger charge is -2.16. The van der Waals surface area contributed by atoms with Crippen molar-refractivity contribution in [2.75, 3.05) is 13.1 Å². The normalized spacial score (nSPS) is 16.4. The topological polar surface area (TPSA) is 113 Å². The van der Waals surface area contributed by atoms with Gasteiger partial charge in [0.25, 0.3) is 11.1 Å². The minimum atomic E-state index is -3.85. The van der Waals surface area contributed by atoms with Crippen molar-refractivity contribution in [3.63, 3.8) is 0 Å². The van der Waals surface area contributed by atoms with Gasteiger partial charge in [-0.3, -0.25) is 19.3 Å². The lowest BCUT2D eigenvalue weighted by Crippen LogP contribution is -2.46. The van der Waals surface area contributed by atoms with Crippen molar-refractivity contribution in [3.05, 3.63) is 70.1 Å². The molecule has 3 amide bonds. The first-order valence-corrected chi connectivity index (χ1v) is 12.2. The maximum Gasteiger partial charge on any atom is 0.293 e. The van der Waals surface area contributed by atoms with E-state index in [-0.39, 0.29) is 22.9 Å². The Hall–Kier alpha value is -2.66. The number of amides is 3. The number of imide groups is 1. The molecule has 1 fully saturated rings. The SMILES string of the molecule is C[C@H](NS(=O)(=O)c1ccccc1)C(=O)NCCN1C(=O)S/C(=C\c2ccccc2Cl)C1=O. The summed E-state index contributed by atoms with van der Waals surface area (Å²) >= 11 is 6.89. The zero-order chi connectivity index (χ0) is 23.3. The second-order valence-corrected chi connectivity index (χ2v) is 9.92. The first kappa shape index (κ1) is 24.0. The van der Waals surface area contributed by atoms with Crippen LogP contribution in [0.3, 0.4) is 0 Å². The van der Waals surface area contributed by atoms with Crippen LogP contribution < -0.4 is 10.0 Å². The van der Waals surface area contributed by atoms with Gasteiger partial charge in [0.05, 0.1) is 15.8 Å². The van der Waals surface area contributed by atoms with Gasteiger partial charge in [0.2, 0.25) is 15.9 Å². The number of hydrogen-bond acceptors (Lipinski definition) is 6. The van der Waals surface area contributed by atoms with Gasteiger partial charge in [-0.15, -0.1) is 0 Å². The quantitative estimate of drug-likeness (QED) is 0.547. The van der Waals surface area contributed by atoms with Crippen molar-refractivity contribution >= 4 is 56.5 Å². The van der Waals surface area contributed by atoms with Gasteiger partial charge in [0.15, 0.2) is 0 Å². The van der Waals surface area contributed by atoms with Crippen LogP contribution in [0.2, 0.25) is 5.02 Å². The lowest BCUT2D eigenvalue weighted by molar-refractivity contribution is -0.124. The maximum absolute atomic E-state index is 12.6. The van der Waals surface area contributed by atoms with Gasteiger partial charge < -0.3 is 5.32 Å². The Kier molecular flexibility index (Phi) is 7.73. The van der Waals surface area contributed by atoms with Gasteiger partial charge >= 0.3 is 0 Å². The fourth-order valence-electron chi connectivity index (χ4n) is 2.82. The van der Waals surface area contributed by atoms with Crippen molar-refractivity contribution in [3.8, 4) is 0 Å². The lowest BCUT2D eigenvalue weighted by atomic mass is 10.2. The van der Waals surface area contributed by atoms with Crippen molar-refractivity contribution in [1.82, 2.24) is 14.9 Å². The largest absolute Gasteiger partial charge is 0.353 e. The molecule has 8 nitrogen and oxygen atoms in total. The number of carbonyl (C=O) groups excluding carboxylic acids is 3. The summed E-state index contributed by atoms with van der Waals surface area (Å²) in [4.78, 5) is 38.3. The van der Waals surface area contributed by atoms with E-state index in [1.807, 2.05) is 0 Å². The third kappa shape index (κ3) is 5.77. The molecule has 1 aliphatic rings. The number of nitrogens with one attached hydrogen (secondary N) is 2. The van der Waals surface area contributed by atoms with E-state index in [0.29, 0.717) is 10.6 Å². The Balaban J connectivity index is 1.54. The maximum atomic E-state index is 12.6. The zero-order valence-corrected chi connectivity index (χ0v) is 19.3. The number of thioether (sulfide) groups is 1. The molecule has 2 aromatic carbocycles. The van der Waals surface area contributed by atoms with Crippen LogP contribution >= 0.6 is 23.4 Å². The van der Waals surface area contributed by atoms with Crippen molar-refractivity contribution in [1.29, 1.82) is 0 Å². The van der Waals surface area contributed by atoms with Crippen LogP contribution in [0.25, 0.3) is 6.08 Å². The average Bonchev–Trinajstić information content (AvgIpc) is 3.03. The molecule has 0 unspecified atom stereocenters. The first-order chi connectivity index (χ1) is 15.2. The Morgan fingerprint density at radius 3 is 2.47 bits per heavy atom. The van der Waals surface area contributed by atoms with E-state index < -0.39 is 33.1 Å². The molecule has 0 saturated carbocycles. The minimum Gasteiger partial charge on any atom is -0.353 e. The van der Waals surface area contributed by atoms with Crippen LogP contribution in [0.1, 0.15) is 12.5 Å². The molecule has 2 aromatic rings. The molecule has 3 rings (SSSR count). The van der Waals surface area contributed by atoms with Crippen LogP contribution in [-0.2, 0) is 19.6 Å². The molecule has 0 spiro atoms. The minimum absolute atomic E-state index is 0.0202. The third-order valence-corrected chi connectivity index (χ3v) is 7.29. The summed E-state index contributed by atoms with van der Waals surface area (Å²) in [7, 11) is -3.85. The summed E-state index contributed by atoms with van der Waals surface area (Å²) in [6.07, 6.45) is 1.55. The Labute approximate surface area is 195 Å². The summed E-state index contributed by atoms with van der Waals surface area (Å²) < 4.78 is 26.9. The first-order valence-electron chi connectivity index (χ1n) is 9.54. The fourth-order valence-corrected chi connectivity index (χ4v) is 5.09. The van der Waals surface area contributed by atoms with E-state index in [2.05, 4.69) is 10.0 Å². The van der Waals surface area contributed by atoms with Crippen LogP contribution in [0.15, 0.2) is 64.4 Å². The van der Waals surface area contributed by atoms with Crippen LogP contribution in [-0.4, -0.2) is 49.5 Å². The standard InChI is InChI=1S/C21H20ClN3O5S2/c1-14(24-32(29,30)16-8-3-2-4-9-16)19(26)23-11-12-25-20(27)18(31-21(25)28)13-15-7-5-6-10-17(15)22/h2-10,13-14,24H,11-12H2,1H3,(H,23,26)/b18-13-/t14-/m0/s1. The Bertz CT molecular complexity index is 1170. The Morgan fingerprint density at radius 1 is 1.12 bits per heavy atom.